The molecule has 0 spiro atoms. The molecule has 0 saturated carbocycles. The number of piperazine rings is 1. The number of ether oxygens (including phenoxy) is 1. The normalized spacial score (nSPS) is 22.6. The fourth-order valence-electron chi connectivity index (χ4n) is 4.83. The van der Waals surface area contributed by atoms with Gasteiger partial charge in [0.15, 0.2) is 0 Å². The first-order valence-electron chi connectivity index (χ1n) is 12.1. The monoisotopic (exact) mass is 485 g/mol. The van der Waals surface area contributed by atoms with E-state index < -0.39 is 7.14 Å². The summed E-state index contributed by atoms with van der Waals surface area (Å²) >= 11 is 0. The summed E-state index contributed by atoms with van der Waals surface area (Å²) in [6, 6.07) is 10.4. The Morgan fingerprint density at radius 3 is 2.18 bits per heavy atom. The summed E-state index contributed by atoms with van der Waals surface area (Å²) in [4.78, 5) is 28.3. The number of piperidine rings is 1. The first kappa shape index (κ1) is 24.7. The van der Waals surface area contributed by atoms with Gasteiger partial charge in [0.2, 0.25) is 5.95 Å². The van der Waals surface area contributed by atoms with Crippen molar-refractivity contribution in [2.45, 2.75) is 51.4 Å². The molecule has 2 aliphatic heterocycles. The maximum Gasteiger partial charge on any atom is 0.410 e. The summed E-state index contributed by atoms with van der Waals surface area (Å²) < 4.78 is 18.2. The molecule has 0 N–H and O–H groups in total. The van der Waals surface area contributed by atoms with Crippen molar-refractivity contribution in [1.29, 1.82) is 0 Å². The molecular formula is C25H36N5O3P. The van der Waals surface area contributed by atoms with Crippen LogP contribution in [0.25, 0.3) is 0 Å². The lowest BCUT2D eigenvalue weighted by Crippen LogP contribution is -2.59. The third-order valence-electron chi connectivity index (χ3n) is 6.71. The van der Waals surface area contributed by atoms with Crippen LogP contribution in [0, 0.1) is 0 Å². The summed E-state index contributed by atoms with van der Waals surface area (Å²) in [6.07, 6.45) is 4.77. The molecule has 1 aromatic carbocycles. The average molecular weight is 486 g/mol. The van der Waals surface area contributed by atoms with Gasteiger partial charge < -0.3 is 14.2 Å². The molecule has 34 heavy (non-hydrogen) atoms. The van der Waals surface area contributed by atoms with Crippen LogP contribution in [0.5, 0.6) is 0 Å². The largest absolute Gasteiger partial charge is 0.446 e. The second-order valence-electron chi connectivity index (χ2n) is 9.95. The van der Waals surface area contributed by atoms with E-state index in [-0.39, 0.29) is 24.3 Å². The van der Waals surface area contributed by atoms with E-state index in [2.05, 4.69) is 44.0 Å². The quantitative estimate of drug-likeness (QED) is 0.601. The molecule has 8 nitrogen and oxygen atoms in total. The maximum absolute atomic E-state index is 13.1. The fraction of sp³-hybridized carbons (Fsp3) is 0.560. The first-order chi connectivity index (χ1) is 16.2. The summed E-state index contributed by atoms with van der Waals surface area (Å²) in [7, 11) is -2.38. The van der Waals surface area contributed by atoms with Crippen LogP contribution in [0.15, 0.2) is 42.7 Å². The Morgan fingerprint density at radius 1 is 1.03 bits per heavy atom. The number of hydrogen-bond donors (Lipinski definition) is 0. The number of nitrogens with zero attached hydrogens (tertiary/aromatic N) is 5. The number of hydrogen-bond acceptors (Lipinski definition) is 7. The molecule has 3 heterocycles. The van der Waals surface area contributed by atoms with E-state index in [1.807, 2.05) is 24.8 Å². The molecule has 0 bridgehead atoms. The van der Waals surface area contributed by atoms with Gasteiger partial charge in [-0.1, -0.05) is 30.3 Å². The molecule has 9 heteroatoms. The minimum Gasteiger partial charge on any atom is -0.446 e. The van der Waals surface area contributed by atoms with Crippen molar-refractivity contribution in [1.82, 2.24) is 19.8 Å². The number of amides is 1. The van der Waals surface area contributed by atoms with E-state index in [1.54, 1.807) is 25.7 Å². The second-order valence-corrected chi connectivity index (χ2v) is 13.2. The number of carbonyl (C=O) groups is 1. The molecule has 0 unspecified atom stereocenters. The molecule has 2 aliphatic rings. The van der Waals surface area contributed by atoms with Crippen LogP contribution in [0.2, 0.25) is 0 Å². The summed E-state index contributed by atoms with van der Waals surface area (Å²) in [5.74, 6) is 0.606. The van der Waals surface area contributed by atoms with Gasteiger partial charge in [-0.25, -0.2) is 14.8 Å². The van der Waals surface area contributed by atoms with Crippen LogP contribution in [-0.2, 0) is 15.8 Å². The highest BCUT2D eigenvalue weighted by atomic mass is 31.2. The van der Waals surface area contributed by atoms with Crippen LogP contribution in [0.4, 0.5) is 10.7 Å². The van der Waals surface area contributed by atoms with Gasteiger partial charge in [-0.15, -0.1) is 0 Å². The summed E-state index contributed by atoms with van der Waals surface area (Å²) in [5.41, 5.74) is 1.32. The minimum atomic E-state index is -2.38. The Kier molecular flexibility index (Phi) is 7.58. The van der Waals surface area contributed by atoms with Gasteiger partial charge in [-0.2, -0.15) is 0 Å². The van der Waals surface area contributed by atoms with E-state index in [0.717, 1.165) is 32.5 Å². The molecule has 2 atom stereocenters. The van der Waals surface area contributed by atoms with E-state index >= 15 is 0 Å². The summed E-state index contributed by atoms with van der Waals surface area (Å²) in [6.45, 7) is 11.6. The Bertz CT molecular complexity index is 993. The van der Waals surface area contributed by atoms with Crippen molar-refractivity contribution < 1.29 is 14.1 Å². The highest BCUT2D eigenvalue weighted by Crippen LogP contribution is 2.34. The molecule has 4 rings (SSSR count). The van der Waals surface area contributed by atoms with E-state index in [4.69, 9.17) is 4.74 Å². The van der Waals surface area contributed by atoms with Gasteiger partial charge in [0.25, 0.3) is 0 Å². The standard InChI is InChI=1S/C25H36N5O3P/c1-19-16-29(24-26-14-23(15-27-24)34(3,4)32)17-20(2)30(19)25(31)33-22-10-12-28(13-11-22)18-21-8-6-5-7-9-21/h5-9,14-15,19-20,22H,10-13,16-18H2,1-4H3/t19-,20+. The molecule has 184 valence electrons. The molecule has 2 aromatic rings. The zero-order valence-electron chi connectivity index (χ0n) is 20.6. The molecule has 2 saturated heterocycles. The Balaban J connectivity index is 1.28. The molecule has 1 amide bonds. The maximum atomic E-state index is 13.1. The van der Waals surface area contributed by atoms with Gasteiger partial charge >= 0.3 is 6.09 Å². The fourth-order valence-corrected chi connectivity index (χ4v) is 5.50. The topological polar surface area (TPSA) is 78.9 Å². The molecule has 2 fully saturated rings. The minimum absolute atomic E-state index is 0.0267. The number of aromatic nitrogens is 2. The zero-order valence-corrected chi connectivity index (χ0v) is 21.5. The van der Waals surface area contributed by atoms with Crippen molar-refractivity contribution >= 4 is 24.5 Å². The van der Waals surface area contributed by atoms with Crippen molar-refractivity contribution in [3.63, 3.8) is 0 Å². The van der Waals surface area contributed by atoms with Gasteiger partial charge in [0, 0.05) is 50.4 Å². The van der Waals surface area contributed by atoms with Crippen LogP contribution in [0.3, 0.4) is 0 Å². The van der Waals surface area contributed by atoms with Gasteiger partial charge in [-0.3, -0.25) is 9.80 Å². The van der Waals surface area contributed by atoms with Crippen LogP contribution in [0.1, 0.15) is 32.3 Å². The number of anilines is 1. The molecular weight excluding hydrogens is 449 g/mol. The zero-order chi connectivity index (χ0) is 24.3. The molecule has 1 aromatic heterocycles. The molecule has 0 radical (unpaired) electrons. The smallest absolute Gasteiger partial charge is 0.410 e. The van der Waals surface area contributed by atoms with Crippen LogP contribution in [-0.4, -0.2) is 83.6 Å². The lowest BCUT2D eigenvalue weighted by atomic mass is 10.1. The first-order valence-corrected chi connectivity index (χ1v) is 14.7. The number of rotatable bonds is 5. The van der Waals surface area contributed by atoms with Crippen LogP contribution < -0.4 is 10.2 Å². The predicted molar refractivity (Wildman–Crippen MR) is 135 cm³/mol. The van der Waals surface area contributed by atoms with Crippen LogP contribution >= 0.6 is 7.14 Å². The summed E-state index contributed by atoms with van der Waals surface area (Å²) in [5, 5.41) is 0.675. The second kappa shape index (κ2) is 10.4. The Morgan fingerprint density at radius 2 is 1.62 bits per heavy atom. The van der Waals surface area contributed by atoms with Crippen molar-refractivity contribution in [3.05, 3.63) is 48.3 Å². The predicted octanol–water partition coefficient (Wildman–Crippen LogP) is 3.42. The molecule has 0 aliphatic carbocycles. The number of carbonyl (C=O) groups excluding carboxylic acids is 1. The van der Waals surface area contributed by atoms with Gasteiger partial charge in [0.1, 0.15) is 13.2 Å². The van der Waals surface area contributed by atoms with Crippen molar-refractivity contribution in [2.75, 3.05) is 44.4 Å². The third-order valence-corrected chi connectivity index (χ3v) is 8.18. The highest BCUT2D eigenvalue weighted by Gasteiger charge is 2.36. The Labute approximate surface area is 202 Å². The Hall–Kier alpha value is -2.44. The van der Waals surface area contributed by atoms with Crippen molar-refractivity contribution in [2.24, 2.45) is 0 Å². The highest BCUT2D eigenvalue weighted by molar-refractivity contribution is 7.70. The van der Waals surface area contributed by atoms with Gasteiger partial charge in [-0.05, 0) is 45.6 Å². The number of benzene rings is 1. The number of likely N-dealkylation sites (tertiary alicyclic amines) is 1. The van der Waals surface area contributed by atoms with E-state index in [9.17, 15) is 9.36 Å². The van der Waals surface area contributed by atoms with E-state index in [0.29, 0.717) is 24.3 Å². The third kappa shape index (κ3) is 5.97. The van der Waals surface area contributed by atoms with Crippen molar-refractivity contribution in [3.8, 4) is 0 Å². The SMILES string of the molecule is C[C@@H]1CN(c2ncc(P(C)(C)=O)cn2)C[C@H](C)N1C(=O)OC1CCN(Cc2ccccc2)CC1. The lowest BCUT2D eigenvalue weighted by Gasteiger charge is -2.44. The van der Waals surface area contributed by atoms with Gasteiger partial charge in [0.05, 0.1) is 12.1 Å². The lowest BCUT2D eigenvalue weighted by molar-refractivity contribution is 0.00996. The van der Waals surface area contributed by atoms with E-state index in [1.165, 1.54) is 5.56 Å². The average Bonchev–Trinajstić information content (AvgIpc) is 2.80.